The number of carbonyl (C=O) groups excluding carboxylic acids is 2. The highest BCUT2D eigenvalue weighted by Crippen LogP contribution is 2.25. The molecule has 0 heterocycles. The maximum absolute atomic E-state index is 11.9. The molecule has 2 amide bonds. The molecule has 0 aromatic heterocycles. The molecule has 0 aliphatic heterocycles. The molecule has 2 rings (SSSR count). The van der Waals surface area contributed by atoms with Crippen LogP contribution in [0.25, 0.3) is 0 Å². The summed E-state index contributed by atoms with van der Waals surface area (Å²) in [6.45, 7) is -0.495. The number of halogens is 1. The first-order chi connectivity index (χ1) is 13.5. The Morgan fingerprint density at radius 1 is 0.929 bits per heavy atom. The Morgan fingerprint density at radius 3 is 2.25 bits per heavy atom. The summed E-state index contributed by atoms with van der Waals surface area (Å²) in [5.74, 6) is 0.516. The summed E-state index contributed by atoms with van der Waals surface area (Å²) in [7, 11) is 1.50. The maximum atomic E-state index is 11.9. The molecule has 0 aliphatic rings. The van der Waals surface area contributed by atoms with Gasteiger partial charge in [-0.3, -0.25) is 25.8 Å². The molecule has 0 saturated heterocycles. The number of benzene rings is 2. The van der Waals surface area contributed by atoms with Gasteiger partial charge in [-0.1, -0.05) is 28.1 Å². The summed E-state index contributed by atoms with van der Waals surface area (Å²) < 4.78 is 16.7. The second kappa shape index (κ2) is 11.1. The molecular formula is C18H18BrN3O5S. The van der Waals surface area contributed by atoms with Gasteiger partial charge in [0, 0.05) is 4.47 Å². The molecule has 0 aliphatic carbocycles. The number of amides is 2. The summed E-state index contributed by atoms with van der Waals surface area (Å²) in [6.07, 6.45) is 0. The van der Waals surface area contributed by atoms with Crippen LogP contribution in [-0.4, -0.2) is 37.3 Å². The zero-order chi connectivity index (χ0) is 20.4. The second-order valence-corrected chi connectivity index (χ2v) is 6.56. The second-order valence-electron chi connectivity index (χ2n) is 5.23. The van der Waals surface area contributed by atoms with Crippen LogP contribution in [0.5, 0.6) is 17.2 Å². The van der Waals surface area contributed by atoms with Gasteiger partial charge in [-0.05, 0) is 48.6 Å². The maximum Gasteiger partial charge on any atom is 0.276 e. The van der Waals surface area contributed by atoms with Gasteiger partial charge in [0.05, 0.1) is 7.11 Å². The van der Waals surface area contributed by atoms with Gasteiger partial charge in [-0.2, -0.15) is 0 Å². The van der Waals surface area contributed by atoms with E-state index in [-0.39, 0.29) is 18.3 Å². The van der Waals surface area contributed by atoms with Crippen molar-refractivity contribution in [3.05, 3.63) is 53.0 Å². The Kier molecular flexibility index (Phi) is 8.50. The van der Waals surface area contributed by atoms with Gasteiger partial charge in [-0.25, -0.2) is 0 Å². The fraction of sp³-hybridized carbons (Fsp3) is 0.167. The summed E-state index contributed by atoms with van der Waals surface area (Å²) in [5.41, 5.74) is 4.73. The first kappa shape index (κ1) is 21.5. The lowest BCUT2D eigenvalue weighted by Gasteiger charge is -2.12. The van der Waals surface area contributed by atoms with E-state index >= 15 is 0 Å². The van der Waals surface area contributed by atoms with Crippen molar-refractivity contribution in [2.45, 2.75) is 0 Å². The van der Waals surface area contributed by atoms with Crippen LogP contribution in [0.1, 0.15) is 0 Å². The number of para-hydroxylation sites is 2. The van der Waals surface area contributed by atoms with Crippen molar-refractivity contribution in [2.75, 3.05) is 20.3 Å². The molecule has 0 radical (unpaired) electrons. The highest BCUT2D eigenvalue weighted by Gasteiger charge is 2.09. The lowest BCUT2D eigenvalue weighted by atomic mass is 10.3. The van der Waals surface area contributed by atoms with E-state index in [0.29, 0.717) is 17.2 Å². The molecule has 0 atom stereocenters. The SMILES string of the molecule is COc1ccccc1OCC(=O)NC(=S)NNC(=O)COc1ccc(Br)cc1. The molecule has 0 bridgehead atoms. The molecule has 148 valence electrons. The fourth-order valence-corrected chi connectivity index (χ4v) is 2.35. The Bertz CT molecular complexity index is 832. The Morgan fingerprint density at radius 2 is 1.57 bits per heavy atom. The van der Waals surface area contributed by atoms with E-state index in [9.17, 15) is 9.59 Å². The molecule has 0 saturated carbocycles. The first-order valence-corrected chi connectivity index (χ1v) is 9.21. The van der Waals surface area contributed by atoms with Gasteiger partial charge in [0.2, 0.25) is 0 Å². The minimum absolute atomic E-state index is 0.0781. The van der Waals surface area contributed by atoms with Crippen molar-refractivity contribution < 1.29 is 23.8 Å². The van der Waals surface area contributed by atoms with Crippen LogP contribution in [0.15, 0.2) is 53.0 Å². The van der Waals surface area contributed by atoms with E-state index in [2.05, 4.69) is 32.1 Å². The van der Waals surface area contributed by atoms with Gasteiger partial charge in [0.25, 0.3) is 11.8 Å². The molecule has 10 heteroatoms. The van der Waals surface area contributed by atoms with Gasteiger partial charge in [0.1, 0.15) is 5.75 Å². The predicted molar refractivity (Wildman–Crippen MR) is 110 cm³/mol. The van der Waals surface area contributed by atoms with E-state index in [1.54, 1.807) is 48.5 Å². The summed E-state index contributed by atoms with van der Waals surface area (Å²) in [4.78, 5) is 23.6. The summed E-state index contributed by atoms with van der Waals surface area (Å²) in [6, 6.07) is 14.0. The average Bonchev–Trinajstić information content (AvgIpc) is 2.70. The van der Waals surface area contributed by atoms with E-state index in [1.807, 2.05) is 0 Å². The lowest BCUT2D eigenvalue weighted by molar-refractivity contribution is -0.124. The molecule has 2 aromatic rings. The number of carbonyl (C=O) groups is 2. The van der Waals surface area contributed by atoms with Crippen molar-refractivity contribution in [2.24, 2.45) is 0 Å². The standard InChI is InChI=1S/C18H18BrN3O5S/c1-25-14-4-2-3-5-15(14)27-10-16(23)20-18(28)22-21-17(24)11-26-13-8-6-12(19)7-9-13/h2-9H,10-11H2,1H3,(H,21,24)(H2,20,22,23,28). The fourth-order valence-electron chi connectivity index (χ4n) is 1.92. The number of rotatable bonds is 7. The van der Waals surface area contributed by atoms with Crippen molar-refractivity contribution in [3.63, 3.8) is 0 Å². The van der Waals surface area contributed by atoms with Crippen molar-refractivity contribution in [1.29, 1.82) is 0 Å². The topological polar surface area (TPSA) is 97.9 Å². The average molecular weight is 468 g/mol. The lowest BCUT2D eigenvalue weighted by Crippen LogP contribution is -2.50. The third kappa shape index (κ3) is 7.41. The van der Waals surface area contributed by atoms with Crippen LogP contribution in [0.2, 0.25) is 0 Å². The Hall–Kier alpha value is -2.85. The zero-order valence-electron chi connectivity index (χ0n) is 14.9. The Labute approximate surface area is 175 Å². The molecule has 0 unspecified atom stereocenters. The number of hydrogen-bond acceptors (Lipinski definition) is 6. The zero-order valence-corrected chi connectivity index (χ0v) is 17.3. The third-order valence-electron chi connectivity index (χ3n) is 3.18. The van der Waals surface area contributed by atoms with Crippen molar-refractivity contribution in [1.82, 2.24) is 16.2 Å². The van der Waals surface area contributed by atoms with Gasteiger partial charge in [-0.15, -0.1) is 0 Å². The predicted octanol–water partition coefficient (Wildman–Crippen LogP) is 1.94. The minimum atomic E-state index is -0.497. The van der Waals surface area contributed by atoms with Crippen LogP contribution < -0.4 is 30.4 Å². The number of hydrazine groups is 1. The summed E-state index contributed by atoms with van der Waals surface area (Å²) >= 11 is 8.24. The number of ether oxygens (including phenoxy) is 3. The van der Waals surface area contributed by atoms with Crippen molar-refractivity contribution in [3.8, 4) is 17.2 Å². The Balaban J connectivity index is 1.66. The van der Waals surface area contributed by atoms with E-state index in [0.717, 1.165) is 4.47 Å². The smallest absolute Gasteiger partial charge is 0.276 e. The van der Waals surface area contributed by atoms with Crippen molar-refractivity contribution >= 4 is 45.1 Å². The van der Waals surface area contributed by atoms with E-state index < -0.39 is 11.8 Å². The molecule has 0 fully saturated rings. The van der Waals surface area contributed by atoms with E-state index in [4.69, 9.17) is 26.4 Å². The quantitative estimate of drug-likeness (QED) is 0.422. The normalized spacial score (nSPS) is 9.79. The number of hydrogen-bond donors (Lipinski definition) is 3. The van der Waals surface area contributed by atoms with Crippen LogP contribution >= 0.6 is 28.1 Å². The molecule has 28 heavy (non-hydrogen) atoms. The molecule has 3 N–H and O–H groups in total. The van der Waals surface area contributed by atoms with Gasteiger partial charge < -0.3 is 14.2 Å². The largest absolute Gasteiger partial charge is 0.493 e. The van der Waals surface area contributed by atoms with Crippen LogP contribution in [0.3, 0.4) is 0 Å². The monoisotopic (exact) mass is 467 g/mol. The number of thiocarbonyl (C=S) groups is 1. The minimum Gasteiger partial charge on any atom is -0.493 e. The van der Waals surface area contributed by atoms with Crippen LogP contribution in [-0.2, 0) is 9.59 Å². The highest BCUT2D eigenvalue weighted by atomic mass is 79.9. The van der Waals surface area contributed by atoms with Gasteiger partial charge >= 0.3 is 0 Å². The van der Waals surface area contributed by atoms with Crippen LogP contribution in [0.4, 0.5) is 0 Å². The third-order valence-corrected chi connectivity index (χ3v) is 3.91. The number of nitrogens with one attached hydrogen (secondary N) is 3. The van der Waals surface area contributed by atoms with Crippen LogP contribution in [0, 0.1) is 0 Å². The molecule has 0 spiro atoms. The molecule has 8 nitrogen and oxygen atoms in total. The summed E-state index contributed by atoms with van der Waals surface area (Å²) in [5, 5.41) is 2.30. The van der Waals surface area contributed by atoms with Gasteiger partial charge in [0.15, 0.2) is 29.8 Å². The molecular weight excluding hydrogens is 450 g/mol. The first-order valence-electron chi connectivity index (χ1n) is 8.01. The molecule has 2 aromatic carbocycles. The van der Waals surface area contributed by atoms with E-state index in [1.165, 1.54) is 7.11 Å². The number of methoxy groups -OCH3 is 1. The highest BCUT2D eigenvalue weighted by molar-refractivity contribution is 9.10.